The molecule has 140 valence electrons. The number of anilines is 1. The van der Waals surface area contributed by atoms with Crippen LogP contribution in [0, 0.1) is 0 Å². The van der Waals surface area contributed by atoms with Gasteiger partial charge in [0.15, 0.2) is 9.84 Å². The van der Waals surface area contributed by atoms with Crippen LogP contribution >= 0.6 is 11.6 Å². The van der Waals surface area contributed by atoms with Crippen molar-refractivity contribution in [1.82, 2.24) is 19.8 Å². The number of nitrogens with one attached hydrogen (secondary N) is 1. The van der Waals surface area contributed by atoms with Crippen LogP contribution in [0.2, 0.25) is 5.02 Å². The van der Waals surface area contributed by atoms with E-state index in [0.29, 0.717) is 16.4 Å². The van der Waals surface area contributed by atoms with Crippen LogP contribution in [-0.4, -0.2) is 40.4 Å². The SMILES string of the molecule is CS(=O)(=O)c1ccc(NC(=O)Cn2nnn(-c3ccccc3Cl)c2=O)cc1. The summed E-state index contributed by atoms with van der Waals surface area (Å²) in [7, 11) is -3.32. The third-order valence-electron chi connectivity index (χ3n) is 3.58. The first-order chi connectivity index (χ1) is 12.8. The average molecular weight is 408 g/mol. The Morgan fingerprint density at radius 1 is 1.11 bits per heavy atom. The van der Waals surface area contributed by atoms with Gasteiger partial charge in [-0.25, -0.2) is 13.2 Å². The molecule has 0 radical (unpaired) electrons. The number of benzene rings is 2. The van der Waals surface area contributed by atoms with Gasteiger partial charge in [-0.15, -0.1) is 0 Å². The minimum Gasteiger partial charge on any atom is -0.324 e. The monoisotopic (exact) mass is 407 g/mol. The average Bonchev–Trinajstić information content (AvgIpc) is 2.95. The highest BCUT2D eigenvalue weighted by atomic mass is 35.5. The Balaban J connectivity index is 1.74. The Kier molecular flexibility index (Phi) is 5.10. The molecular formula is C16H14ClN5O4S. The topological polar surface area (TPSA) is 116 Å². The lowest BCUT2D eigenvalue weighted by molar-refractivity contribution is -0.117. The van der Waals surface area contributed by atoms with E-state index < -0.39 is 21.4 Å². The van der Waals surface area contributed by atoms with E-state index in [1.807, 2.05) is 0 Å². The summed E-state index contributed by atoms with van der Waals surface area (Å²) in [6.07, 6.45) is 1.09. The standard InChI is InChI=1S/C16H14ClN5O4S/c1-27(25,26)12-8-6-11(7-9-12)18-15(23)10-21-16(24)22(20-19-21)14-5-3-2-4-13(14)17/h2-9H,10H2,1H3,(H,18,23). The van der Waals surface area contributed by atoms with E-state index in [0.717, 1.165) is 15.6 Å². The lowest BCUT2D eigenvalue weighted by Gasteiger charge is -2.05. The van der Waals surface area contributed by atoms with Gasteiger partial charge in [0.2, 0.25) is 5.91 Å². The highest BCUT2D eigenvalue weighted by Crippen LogP contribution is 2.17. The molecule has 0 aliphatic carbocycles. The smallest absolute Gasteiger partial charge is 0.324 e. The Labute approximate surface area is 159 Å². The normalized spacial score (nSPS) is 11.3. The van der Waals surface area contributed by atoms with Crippen LogP contribution in [0.25, 0.3) is 5.69 Å². The van der Waals surface area contributed by atoms with Gasteiger partial charge >= 0.3 is 5.69 Å². The molecule has 0 unspecified atom stereocenters. The summed E-state index contributed by atoms with van der Waals surface area (Å²) in [5, 5.41) is 10.3. The lowest BCUT2D eigenvalue weighted by Crippen LogP contribution is -2.29. The van der Waals surface area contributed by atoms with Gasteiger partial charge in [-0.1, -0.05) is 23.7 Å². The first-order valence-corrected chi connectivity index (χ1v) is 9.90. The molecule has 2 aromatic carbocycles. The summed E-state index contributed by atoms with van der Waals surface area (Å²) in [6, 6.07) is 12.3. The third kappa shape index (κ3) is 4.23. The number of nitrogens with zero attached hydrogens (tertiary/aromatic N) is 4. The number of para-hydroxylation sites is 1. The summed E-state index contributed by atoms with van der Waals surface area (Å²) in [4.78, 5) is 24.6. The number of carbonyl (C=O) groups is 1. The number of halogens is 1. The number of sulfone groups is 1. The van der Waals surface area contributed by atoms with E-state index >= 15 is 0 Å². The van der Waals surface area contributed by atoms with E-state index in [1.54, 1.807) is 24.3 Å². The van der Waals surface area contributed by atoms with Crippen molar-refractivity contribution in [3.05, 3.63) is 64.0 Å². The van der Waals surface area contributed by atoms with E-state index in [9.17, 15) is 18.0 Å². The zero-order valence-electron chi connectivity index (χ0n) is 14.0. The van der Waals surface area contributed by atoms with E-state index in [2.05, 4.69) is 15.7 Å². The molecule has 3 rings (SSSR count). The molecule has 0 aliphatic rings. The number of hydrogen-bond donors (Lipinski definition) is 1. The molecule has 1 aromatic heterocycles. The van der Waals surface area contributed by atoms with Gasteiger partial charge in [-0.3, -0.25) is 4.79 Å². The summed E-state index contributed by atoms with van der Waals surface area (Å²) < 4.78 is 24.8. The first kappa shape index (κ1) is 18.8. The zero-order valence-corrected chi connectivity index (χ0v) is 15.6. The summed E-state index contributed by atoms with van der Waals surface area (Å²) >= 11 is 6.04. The molecule has 0 spiro atoms. The van der Waals surface area contributed by atoms with Gasteiger partial charge in [0.25, 0.3) is 0 Å². The van der Waals surface area contributed by atoms with Crippen molar-refractivity contribution in [1.29, 1.82) is 0 Å². The fourth-order valence-electron chi connectivity index (χ4n) is 2.27. The minimum atomic E-state index is -3.32. The molecule has 0 fully saturated rings. The maximum Gasteiger partial charge on any atom is 0.369 e. The highest BCUT2D eigenvalue weighted by molar-refractivity contribution is 7.90. The van der Waals surface area contributed by atoms with Crippen molar-refractivity contribution in [2.45, 2.75) is 11.4 Å². The maximum absolute atomic E-state index is 12.4. The van der Waals surface area contributed by atoms with Crippen molar-refractivity contribution < 1.29 is 13.2 Å². The van der Waals surface area contributed by atoms with Gasteiger partial charge in [-0.2, -0.15) is 9.36 Å². The third-order valence-corrected chi connectivity index (χ3v) is 5.03. The number of tetrazole rings is 1. The lowest BCUT2D eigenvalue weighted by atomic mass is 10.3. The molecular weight excluding hydrogens is 394 g/mol. The predicted octanol–water partition coefficient (Wildman–Crippen LogP) is 1.12. The molecule has 1 N–H and O–H groups in total. The van der Waals surface area contributed by atoms with Crippen molar-refractivity contribution in [3.63, 3.8) is 0 Å². The van der Waals surface area contributed by atoms with Crippen molar-refractivity contribution in [2.75, 3.05) is 11.6 Å². The van der Waals surface area contributed by atoms with Crippen molar-refractivity contribution in [3.8, 4) is 5.69 Å². The van der Waals surface area contributed by atoms with Gasteiger partial charge < -0.3 is 5.32 Å². The Bertz CT molecular complexity index is 1150. The second kappa shape index (κ2) is 7.33. The van der Waals surface area contributed by atoms with Crippen LogP contribution in [0.15, 0.2) is 58.2 Å². The number of carbonyl (C=O) groups excluding carboxylic acids is 1. The predicted molar refractivity (Wildman–Crippen MR) is 98.8 cm³/mol. The van der Waals surface area contributed by atoms with Crippen LogP contribution in [0.5, 0.6) is 0 Å². The molecule has 0 atom stereocenters. The van der Waals surface area contributed by atoms with E-state index in [-0.39, 0.29) is 11.4 Å². The van der Waals surface area contributed by atoms with Crippen LogP contribution in [-0.2, 0) is 21.2 Å². The summed E-state index contributed by atoms with van der Waals surface area (Å²) in [5.74, 6) is -0.518. The Morgan fingerprint density at radius 2 is 1.78 bits per heavy atom. The fourth-order valence-corrected chi connectivity index (χ4v) is 3.12. The van der Waals surface area contributed by atoms with Gasteiger partial charge in [0.05, 0.1) is 15.6 Å². The largest absolute Gasteiger partial charge is 0.369 e. The molecule has 1 heterocycles. The Morgan fingerprint density at radius 3 is 2.41 bits per heavy atom. The highest BCUT2D eigenvalue weighted by Gasteiger charge is 2.14. The maximum atomic E-state index is 12.4. The van der Waals surface area contributed by atoms with Crippen LogP contribution in [0.1, 0.15) is 0 Å². The van der Waals surface area contributed by atoms with Crippen molar-refractivity contribution in [2.24, 2.45) is 0 Å². The molecule has 0 bridgehead atoms. The first-order valence-electron chi connectivity index (χ1n) is 7.63. The van der Waals surface area contributed by atoms with Crippen molar-refractivity contribution >= 4 is 33.0 Å². The summed E-state index contributed by atoms with van der Waals surface area (Å²) in [5.41, 5.74) is 0.122. The number of aromatic nitrogens is 4. The van der Waals surface area contributed by atoms with Gasteiger partial charge in [-0.05, 0) is 46.8 Å². The Hall–Kier alpha value is -2.98. The number of hydrogen-bond acceptors (Lipinski definition) is 6. The molecule has 0 aliphatic heterocycles. The molecule has 9 nitrogen and oxygen atoms in total. The molecule has 0 saturated carbocycles. The minimum absolute atomic E-state index is 0.138. The van der Waals surface area contributed by atoms with Crippen LogP contribution < -0.4 is 11.0 Å². The number of rotatable bonds is 5. The zero-order chi connectivity index (χ0) is 19.6. The van der Waals surface area contributed by atoms with E-state index in [1.165, 1.54) is 24.3 Å². The molecule has 11 heteroatoms. The quantitative estimate of drug-likeness (QED) is 0.677. The number of amides is 1. The van der Waals surface area contributed by atoms with Gasteiger partial charge in [0.1, 0.15) is 6.54 Å². The summed E-state index contributed by atoms with van der Waals surface area (Å²) in [6.45, 7) is -0.364. The van der Waals surface area contributed by atoms with Gasteiger partial charge in [0, 0.05) is 11.9 Å². The molecule has 27 heavy (non-hydrogen) atoms. The molecule has 0 saturated heterocycles. The second-order valence-electron chi connectivity index (χ2n) is 5.63. The van der Waals surface area contributed by atoms with Crippen LogP contribution in [0.3, 0.4) is 0 Å². The molecule has 1 amide bonds. The second-order valence-corrected chi connectivity index (χ2v) is 8.05. The molecule has 3 aromatic rings. The fraction of sp³-hybridized carbons (Fsp3) is 0.125. The van der Waals surface area contributed by atoms with E-state index in [4.69, 9.17) is 11.6 Å². The van der Waals surface area contributed by atoms with Crippen LogP contribution in [0.4, 0.5) is 5.69 Å².